The van der Waals surface area contributed by atoms with Gasteiger partial charge >= 0.3 is 0 Å². The molecule has 0 bridgehead atoms. The van der Waals surface area contributed by atoms with Gasteiger partial charge < -0.3 is 15.4 Å². The van der Waals surface area contributed by atoms with Crippen molar-refractivity contribution in [1.82, 2.24) is 4.57 Å². The molecule has 0 radical (unpaired) electrons. The maximum atomic E-state index is 9.96. The molecule has 19 heavy (non-hydrogen) atoms. The van der Waals surface area contributed by atoms with Crippen molar-refractivity contribution in [3.63, 3.8) is 0 Å². The van der Waals surface area contributed by atoms with Gasteiger partial charge in [0, 0.05) is 24.0 Å². The fourth-order valence-corrected chi connectivity index (χ4v) is 2.16. The summed E-state index contributed by atoms with van der Waals surface area (Å²) >= 11 is 0. The van der Waals surface area contributed by atoms with Crippen molar-refractivity contribution in [3.8, 4) is 17.3 Å². The average Bonchev–Trinajstić information content (AvgIpc) is 2.79. The molecule has 0 amide bonds. The van der Waals surface area contributed by atoms with Gasteiger partial charge in [0.25, 0.3) is 0 Å². The number of anilines is 1. The molecule has 1 atom stereocenters. The molecule has 4 heteroatoms. The van der Waals surface area contributed by atoms with Gasteiger partial charge in [-0.2, -0.15) is 5.26 Å². The molecule has 0 saturated heterocycles. The van der Waals surface area contributed by atoms with Gasteiger partial charge in [-0.25, -0.2) is 0 Å². The Morgan fingerprint density at radius 1 is 1.37 bits per heavy atom. The fourth-order valence-electron chi connectivity index (χ4n) is 2.16. The highest BCUT2D eigenvalue weighted by Gasteiger charge is 2.12. The number of nitrogen functional groups attached to an aromatic ring is 1. The highest BCUT2D eigenvalue weighted by Crippen LogP contribution is 2.29. The second-order valence-corrected chi connectivity index (χ2v) is 4.54. The average molecular weight is 255 g/mol. The highest BCUT2D eigenvalue weighted by molar-refractivity contribution is 5.67. The van der Waals surface area contributed by atoms with Crippen molar-refractivity contribution < 1.29 is 5.11 Å². The lowest BCUT2D eigenvalue weighted by Gasteiger charge is -2.13. The minimum Gasteiger partial charge on any atom is -0.398 e. The van der Waals surface area contributed by atoms with Gasteiger partial charge in [-0.3, -0.25) is 0 Å². The number of aromatic nitrogens is 1. The molecule has 1 unspecified atom stereocenters. The predicted octanol–water partition coefficient (Wildman–Crippen LogP) is 2.59. The van der Waals surface area contributed by atoms with Crippen LogP contribution in [0.3, 0.4) is 0 Å². The van der Waals surface area contributed by atoms with E-state index in [0.29, 0.717) is 17.8 Å². The van der Waals surface area contributed by atoms with Crippen LogP contribution in [0.1, 0.15) is 30.7 Å². The molecule has 2 aromatic rings. The van der Waals surface area contributed by atoms with Gasteiger partial charge in [0.05, 0.1) is 6.10 Å². The van der Waals surface area contributed by atoms with E-state index in [-0.39, 0.29) is 0 Å². The number of hydrogen-bond acceptors (Lipinski definition) is 3. The van der Waals surface area contributed by atoms with Crippen LogP contribution in [0, 0.1) is 11.3 Å². The fraction of sp³-hybridized carbons (Fsp3) is 0.267. The van der Waals surface area contributed by atoms with Crippen LogP contribution < -0.4 is 5.73 Å². The molecule has 0 fully saturated rings. The second kappa shape index (κ2) is 5.17. The first-order chi connectivity index (χ1) is 9.08. The summed E-state index contributed by atoms with van der Waals surface area (Å²) in [6, 6.07) is 11.4. The zero-order valence-electron chi connectivity index (χ0n) is 11.1. The summed E-state index contributed by atoms with van der Waals surface area (Å²) < 4.78 is 1.83. The van der Waals surface area contributed by atoms with Crippen molar-refractivity contribution in [3.05, 3.63) is 41.6 Å². The van der Waals surface area contributed by atoms with Crippen molar-refractivity contribution in [2.24, 2.45) is 7.05 Å². The topological polar surface area (TPSA) is 75.0 Å². The van der Waals surface area contributed by atoms with Crippen LogP contribution in [0.4, 0.5) is 5.69 Å². The number of nitrogens with zero attached hydrogens (tertiary/aromatic N) is 2. The first-order valence-electron chi connectivity index (χ1n) is 6.22. The summed E-state index contributed by atoms with van der Waals surface area (Å²) in [5.74, 6) is 0. The normalized spacial score (nSPS) is 12.1. The zero-order chi connectivity index (χ0) is 14.0. The number of rotatable bonds is 3. The molecular weight excluding hydrogens is 238 g/mol. The number of aliphatic hydroxyl groups is 1. The van der Waals surface area contributed by atoms with Crippen molar-refractivity contribution in [2.75, 3.05) is 5.73 Å². The summed E-state index contributed by atoms with van der Waals surface area (Å²) in [7, 11) is 1.85. The van der Waals surface area contributed by atoms with Crippen molar-refractivity contribution in [2.45, 2.75) is 19.4 Å². The molecule has 98 valence electrons. The molecule has 0 saturated carbocycles. The van der Waals surface area contributed by atoms with Crippen LogP contribution in [0.5, 0.6) is 0 Å². The molecule has 3 N–H and O–H groups in total. The molecule has 2 rings (SSSR count). The molecule has 1 heterocycles. The third-order valence-electron chi connectivity index (χ3n) is 3.36. The molecular formula is C15H17N3O. The van der Waals surface area contributed by atoms with Crippen LogP contribution in [0.2, 0.25) is 0 Å². The zero-order valence-corrected chi connectivity index (χ0v) is 11.1. The summed E-state index contributed by atoms with van der Waals surface area (Å²) in [6.45, 7) is 1.91. The van der Waals surface area contributed by atoms with Gasteiger partial charge in [-0.15, -0.1) is 0 Å². The monoisotopic (exact) mass is 255 g/mol. The number of benzene rings is 1. The lowest BCUT2D eigenvalue weighted by atomic mass is 10.0. The predicted molar refractivity (Wildman–Crippen MR) is 75.2 cm³/mol. The molecule has 0 aliphatic carbocycles. The Morgan fingerprint density at radius 3 is 2.68 bits per heavy atom. The maximum Gasteiger partial charge on any atom is 0.120 e. The number of aliphatic hydroxyl groups excluding tert-OH is 1. The summed E-state index contributed by atoms with van der Waals surface area (Å²) in [6.07, 6.45) is 0.0557. The van der Waals surface area contributed by atoms with Crippen LogP contribution in [0.15, 0.2) is 30.3 Å². The van der Waals surface area contributed by atoms with E-state index in [1.807, 2.05) is 36.7 Å². The van der Waals surface area contributed by atoms with Crippen LogP contribution in [-0.4, -0.2) is 9.67 Å². The first-order valence-corrected chi connectivity index (χ1v) is 6.22. The summed E-state index contributed by atoms with van der Waals surface area (Å²) in [4.78, 5) is 0. The SMILES string of the molecule is CCC(O)c1cc(-c2ccc(C#N)n2C)ccc1N. The van der Waals surface area contributed by atoms with E-state index in [0.717, 1.165) is 16.8 Å². The van der Waals surface area contributed by atoms with E-state index in [2.05, 4.69) is 6.07 Å². The Labute approximate surface area is 112 Å². The van der Waals surface area contributed by atoms with E-state index in [4.69, 9.17) is 11.0 Å². The lowest BCUT2D eigenvalue weighted by Crippen LogP contribution is -2.02. The van der Waals surface area contributed by atoms with Crippen molar-refractivity contribution >= 4 is 5.69 Å². The Kier molecular flexibility index (Phi) is 3.59. The molecule has 1 aromatic carbocycles. The number of nitrogens with two attached hydrogens (primary N) is 1. The second-order valence-electron chi connectivity index (χ2n) is 4.54. The first kappa shape index (κ1) is 13.2. The smallest absolute Gasteiger partial charge is 0.120 e. The largest absolute Gasteiger partial charge is 0.398 e. The van der Waals surface area contributed by atoms with E-state index >= 15 is 0 Å². The third kappa shape index (κ3) is 2.33. The molecule has 4 nitrogen and oxygen atoms in total. The maximum absolute atomic E-state index is 9.96. The standard InChI is InChI=1S/C15H17N3O/c1-3-15(19)12-8-10(4-6-13(12)17)14-7-5-11(9-16)18(14)2/h4-8,15,19H,3,17H2,1-2H3. The van der Waals surface area contributed by atoms with Gasteiger partial charge in [0.1, 0.15) is 11.8 Å². The number of hydrogen-bond donors (Lipinski definition) is 2. The van der Waals surface area contributed by atoms with E-state index in [1.165, 1.54) is 0 Å². The minimum atomic E-state index is -0.560. The third-order valence-corrected chi connectivity index (χ3v) is 3.36. The van der Waals surface area contributed by atoms with Gasteiger partial charge in [0.2, 0.25) is 0 Å². The van der Waals surface area contributed by atoms with Crippen LogP contribution in [-0.2, 0) is 7.05 Å². The van der Waals surface area contributed by atoms with E-state index in [1.54, 1.807) is 12.1 Å². The lowest BCUT2D eigenvalue weighted by molar-refractivity contribution is 0.174. The van der Waals surface area contributed by atoms with E-state index < -0.39 is 6.10 Å². The Hall–Kier alpha value is -2.25. The summed E-state index contributed by atoms with van der Waals surface area (Å²) in [5.41, 5.74) is 9.70. The van der Waals surface area contributed by atoms with Gasteiger partial charge in [-0.05, 0) is 36.2 Å². The summed E-state index contributed by atoms with van der Waals surface area (Å²) in [5, 5.41) is 18.9. The van der Waals surface area contributed by atoms with Gasteiger partial charge in [-0.1, -0.05) is 13.0 Å². The Bertz CT molecular complexity index is 637. The molecule has 0 aliphatic heterocycles. The highest BCUT2D eigenvalue weighted by atomic mass is 16.3. The van der Waals surface area contributed by atoms with Crippen molar-refractivity contribution in [1.29, 1.82) is 5.26 Å². The minimum absolute atomic E-state index is 0.560. The molecule has 0 aliphatic rings. The molecule has 1 aromatic heterocycles. The Morgan fingerprint density at radius 2 is 2.11 bits per heavy atom. The Balaban J connectivity index is 2.52. The number of nitriles is 1. The van der Waals surface area contributed by atoms with E-state index in [9.17, 15) is 5.11 Å². The van der Waals surface area contributed by atoms with Crippen LogP contribution >= 0.6 is 0 Å². The molecule has 0 spiro atoms. The van der Waals surface area contributed by atoms with Crippen LogP contribution in [0.25, 0.3) is 11.3 Å². The van der Waals surface area contributed by atoms with Gasteiger partial charge in [0.15, 0.2) is 0 Å². The quantitative estimate of drug-likeness (QED) is 0.828.